The molecule has 5 rings (SSSR count). The lowest BCUT2D eigenvalue weighted by molar-refractivity contribution is 0.221. The second kappa shape index (κ2) is 9.48. The van der Waals surface area contributed by atoms with Crippen LogP contribution in [0.1, 0.15) is 24.1 Å². The molecule has 2 aromatic carbocycles. The molecule has 2 heterocycles. The van der Waals surface area contributed by atoms with E-state index in [4.69, 9.17) is 14.7 Å². The van der Waals surface area contributed by atoms with Crippen molar-refractivity contribution >= 4 is 5.69 Å². The van der Waals surface area contributed by atoms with E-state index in [1.807, 2.05) is 18.2 Å². The van der Waals surface area contributed by atoms with Crippen molar-refractivity contribution in [1.82, 2.24) is 14.9 Å². The summed E-state index contributed by atoms with van der Waals surface area (Å²) in [5.74, 6) is 1.59. The van der Waals surface area contributed by atoms with Gasteiger partial charge < -0.3 is 9.64 Å². The van der Waals surface area contributed by atoms with Crippen molar-refractivity contribution < 1.29 is 4.74 Å². The predicted octanol–water partition coefficient (Wildman–Crippen LogP) is 4.22. The Bertz CT molecular complexity index is 985. The molecule has 2 aliphatic rings. The first-order chi connectivity index (χ1) is 15.4. The molecule has 0 unspecified atom stereocenters. The first kappa shape index (κ1) is 20.0. The molecule has 3 aromatic rings. The van der Waals surface area contributed by atoms with E-state index in [2.05, 4.69) is 52.3 Å². The third-order valence-electron chi connectivity index (χ3n) is 6.28. The van der Waals surface area contributed by atoms with Crippen molar-refractivity contribution in [2.75, 3.05) is 44.2 Å². The van der Waals surface area contributed by atoms with Gasteiger partial charge in [0.25, 0.3) is 0 Å². The van der Waals surface area contributed by atoms with Crippen LogP contribution >= 0.6 is 0 Å². The summed E-state index contributed by atoms with van der Waals surface area (Å²) in [5, 5.41) is 0. The fraction of sp³-hybridized carbons (Fsp3) is 0.385. The van der Waals surface area contributed by atoms with Gasteiger partial charge in [-0.1, -0.05) is 48.5 Å². The number of hydrogen-bond acceptors (Lipinski definition) is 5. The summed E-state index contributed by atoms with van der Waals surface area (Å²) in [6.45, 7) is 6.17. The third kappa shape index (κ3) is 4.72. The zero-order chi connectivity index (χ0) is 20.9. The molecular weight excluding hydrogens is 384 g/mol. The molecule has 0 amide bonds. The molecule has 0 spiro atoms. The van der Waals surface area contributed by atoms with Crippen molar-refractivity contribution in [3.8, 4) is 17.3 Å². The van der Waals surface area contributed by atoms with E-state index in [0.29, 0.717) is 6.61 Å². The second-order valence-corrected chi connectivity index (χ2v) is 8.36. The van der Waals surface area contributed by atoms with Gasteiger partial charge in [0.1, 0.15) is 0 Å². The van der Waals surface area contributed by atoms with Crippen molar-refractivity contribution in [1.29, 1.82) is 0 Å². The van der Waals surface area contributed by atoms with Gasteiger partial charge in [-0.3, -0.25) is 4.90 Å². The molecule has 5 heteroatoms. The highest BCUT2D eigenvalue weighted by Crippen LogP contribution is 2.30. The Balaban J connectivity index is 1.14. The minimum absolute atomic E-state index is 0.705. The number of rotatable bonds is 7. The van der Waals surface area contributed by atoms with Gasteiger partial charge in [-0.25, -0.2) is 4.98 Å². The van der Waals surface area contributed by atoms with Crippen LogP contribution in [-0.2, 0) is 12.8 Å². The number of aryl methyl sites for hydroxylation is 1. The van der Waals surface area contributed by atoms with Gasteiger partial charge in [-0.15, -0.1) is 0 Å². The highest BCUT2D eigenvalue weighted by atomic mass is 16.5. The number of piperazine rings is 1. The standard InChI is InChI=1S/C26H30N4O/c1-3-9-21(10-4-1)25-27-24-14-7-13-23(24)26(28-25)31-20-8-15-29-16-18-30(19-17-29)22-11-5-2-6-12-22/h1-6,9-12H,7-8,13-20H2. The van der Waals surface area contributed by atoms with E-state index in [1.165, 1.54) is 16.9 Å². The quantitative estimate of drug-likeness (QED) is 0.542. The van der Waals surface area contributed by atoms with Crippen molar-refractivity contribution in [3.63, 3.8) is 0 Å². The van der Waals surface area contributed by atoms with Gasteiger partial charge in [-0.05, 0) is 37.8 Å². The molecule has 1 fully saturated rings. The van der Waals surface area contributed by atoms with Crippen LogP contribution in [0.15, 0.2) is 60.7 Å². The van der Waals surface area contributed by atoms with E-state index in [1.54, 1.807) is 0 Å². The van der Waals surface area contributed by atoms with E-state index >= 15 is 0 Å². The number of fused-ring (bicyclic) bond motifs is 1. The number of benzene rings is 2. The van der Waals surface area contributed by atoms with Gasteiger partial charge in [0, 0.05) is 49.5 Å². The van der Waals surface area contributed by atoms with Crippen LogP contribution in [0.4, 0.5) is 5.69 Å². The summed E-state index contributed by atoms with van der Waals surface area (Å²) in [6.07, 6.45) is 4.22. The average Bonchev–Trinajstić information content (AvgIpc) is 3.32. The van der Waals surface area contributed by atoms with Crippen molar-refractivity contribution in [2.45, 2.75) is 25.7 Å². The highest BCUT2D eigenvalue weighted by Gasteiger charge is 2.21. The monoisotopic (exact) mass is 414 g/mol. The molecule has 0 bridgehead atoms. The number of aromatic nitrogens is 2. The number of para-hydroxylation sites is 1. The summed E-state index contributed by atoms with van der Waals surface area (Å²) in [6, 6.07) is 20.9. The van der Waals surface area contributed by atoms with Crippen LogP contribution in [0.25, 0.3) is 11.4 Å². The van der Waals surface area contributed by atoms with Gasteiger partial charge in [0.05, 0.1) is 12.3 Å². The summed E-state index contributed by atoms with van der Waals surface area (Å²) in [7, 11) is 0. The SMILES string of the molecule is c1ccc(-c2nc3c(c(OCCCN4CCN(c5ccccc5)CC4)n2)CCC3)cc1. The summed E-state index contributed by atoms with van der Waals surface area (Å²) < 4.78 is 6.20. The molecular formula is C26H30N4O. The van der Waals surface area contributed by atoms with Crippen LogP contribution in [0, 0.1) is 0 Å². The van der Waals surface area contributed by atoms with Crippen LogP contribution in [0.5, 0.6) is 5.88 Å². The topological polar surface area (TPSA) is 41.5 Å². The van der Waals surface area contributed by atoms with Crippen molar-refractivity contribution in [2.24, 2.45) is 0 Å². The molecule has 5 nitrogen and oxygen atoms in total. The molecule has 1 saturated heterocycles. The van der Waals surface area contributed by atoms with E-state index < -0.39 is 0 Å². The lowest BCUT2D eigenvalue weighted by Gasteiger charge is -2.36. The maximum atomic E-state index is 6.20. The molecule has 1 aromatic heterocycles. The highest BCUT2D eigenvalue weighted by molar-refractivity contribution is 5.56. The van der Waals surface area contributed by atoms with E-state index in [0.717, 1.165) is 75.7 Å². The molecule has 0 radical (unpaired) electrons. The predicted molar refractivity (Wildman–Crippen MR) is 125 cm³/mol. The van der Waals surface area contributed by atoms with Gasteiger partial charge in [0.15, 0.2) is 5.82 Å². The first-order valence-electron chi connectivity index (χ1n) is 11.5. The molecule has 0 saturated carbocycles. The number of anilines is 1. The summed E-state index contributed by atoms with van der Waals surface area (Å²) in [5.41, 5.74) is 4.77. The number of nitrogens with zero attached hydrogens (tertiary/aromatic N) is 4. The molecule has 31 heavy (non-hydrogen) atoms. The van der Waals surface area contributed by atoms with Crippen LogP contribution in [0.2, 0.25) is 0 Å². The first-order valence-corrected chi connectivity index (χ1v) is 11.5. The van der Waals surface area contributed by atoms with Crippen LogP contribution in [0.3, 0.4) is 0 Å². The van der Waals surface area contributed by atoms with Crippen molar-refractivity contribution in [3.05, 3.63) is 71.9 Å². The largest absolute Gasteiger partial charge is 0.477 e. The Morgan fingerprint density at radius 2 is 1.55 bits per heavy atom. The van der Waals surface area contributed by atoms with Gasteiger partial charge in [-0.2, -0.15) is 4.98 Å². The Hall–Kier alpha value is -2.92. The normalized spacial score (nSPS) is 16.3. The van der Waals surface area contributed by atoms with Gasteiger partial charge in [0.2, 0.25) is 5.88 Å². The fourth-order valence-electron chi connectivity index (χ4n) is 4.56. The fourth-order valence-corrected chi connectivity index (χ4v) is 4.56. The Kier molecular flexibility index (Phi) is 6.12. The van der Waals surface area contributed by atoms with E-state index in [9.17, 15) is 0 Å². The molecule has 1 aliphatic carbocycles. The Morgan fingerprint density at radius 1 is 0.806 bits per heavy atom. The lowest BCUT2D eigenvalue weighted by atomic mass is 10.2. The second-order valence-electron chi connectivity index (χ2n) is 8.36. The Morgan fingerprint density at radius 3 is 2.32 bits per heavy atom. The zero-order valence-electron chi connectivity index (χ0n) is 18.0. The Labute approximate surface area is 184 Å². The average molecular weight is 415 g/mol. The van der Waals surface area contributed by atoms with Gasteiger partial charge >= 0.3 is 0 Å². The molecule has 0 N–H and O–H groups in total. The molecule has 0 atom stereocenters. The third-order valence-corrected chi connectivity index (χ3v) is 6.28. The summed E-state index contributed by atoms with van der Waals surface area (Å²) >= 11 is 0. The zero-order valence-corrected chi connectivity index (χ0v) is 18.0. The van der Waals surface area contributed by atoms with Crippen LogP contribution in [-0.4, -0.2) is 54.2 Å². The maximum absolute atomic E-state index is 6.20. The number of ether oxygens (including phenoxy) is 1. The summed E-state index contributed by atoms with van der Waals surface area (Å²) in [4.78, 5) is 14.6. The number of hydrogen-bond donors (Lipinski definition) is 0. The molecule has 160 valence electrons. The minimum Gasteiger partial charge on any atom is -0.477 e. The maximum Gasteiger partial charge on any atom is 0.220 e. The molecule has 1 aliphatic heterocycles. The smallest absolute Gasteiger partial charge is 0.220 e. The van der Waals surface area contributed by atoms with E-state index in [-0.39, 0.29) is 0 Å². The minimum atomic E-state index is 0.705. The lowest BCUT2D eigenvalue weighted by Crippen LogP contribution is -2.46. The van der Waals surface area contributed by atoms with Crippen LogP contribution < -0.4 is 9.64 Å².